The van der Waals surface area contributed by atoms with Gasteiger partial charge in [-0.15, -0.1) is 0 Å². The number of para-hydroxylation sites is 1. The van der Waals surface area contributed by atoms with Crippen molar-refractivity contribution in [2.24, 2.45) is 0 Å². The van der Waals surface area contributed by atoms with Crippen molar-refractivity contribution in [3.63, 3.8) is 0 Å². The molecule has 0 saturated carbocycles. The van der Waals surface area contributed by atoms with Crippen molar-refractivity contribution in [2.75, 3.05) is 18.5 Å². The molecule has 1 aromatic carbocycles. The second-order valence-corrected chi connectivity index (χ2v) is 4.61. The number of rotatable bonds is 5. The Hall–Kier alpha value is -1.87. The van der Waals surface area contributed by atoms with Gasteiger partial charge in [-0.25, -0.2) is 4.98 Å². The van der Waals surface area contributed by atoms with E-state index < -0.39 is 0 Å². The molecule has 0 aliphatic rings. The summed E-state index contributed by atoms with van der Waals surface area (Å²) in [5.74, 6) is 1.01. The topological polar surface area (TPSA) is 28.2 Å². The molecular formula is C16H21N3. The summed E-state index contributed by atoms with van der Waals surface area (Å²) in [5, 5.41) is 3.36. The van der Waals surface area contributed by atoms with Crippen molar-refractivity contribution >= 4 is 11.5 Å². The molecule has 0 radical (unpaired) electrons. The first-order valence-electron chi connectivity index (χ1n) is 6.68. The molecule has 0 aliphatic heterocycles. The van der Waals surface area contributed by atoms with Crippen molar-refractivity contribution in [3.05, 3.63) is 53.7 Å². The summed E-state index contributed by atoms with van der Waals surface area (Å²) < 4.78 is 0. The third-order valence-electron chi connectivity index (χ3n) is 3.23. The van der Waals surface area contributed by atoms with E-state index in [9.17, 15) is 0 Å². The number of hydrogen-bond donors (Lipinski definition) is 1. The summed E-state index contributed by atoms with van der Waals surface area (Å²) in [6.45, 7) is 6.04. The van der Waals surface area contributed by atoms with Gasteiger partial charge < -0.3 is 10.2 Å². The maximum atomic E-state index is 4.53. The lowest BCUT2D eigenvalue weighted by molar-refractivity contribution is 0.723. The second-order valence-electron chi connectivity index (χ2n) is 4.61. The smallest absolute Gasteiger partial charge is 0.137 e. The van der Waals surface area contributed by atoms with Crippen molar-refractivity contribution in [1.29, 1.82) is 0 Å². The molecule has 100 valence electrons. The van der Waals surface area contributed by atoms with E-state index in [1.807, 2.05) is 12.3 Å². The van der Waals surface area contributed by atoms with Crippen molar-refractivity contribution in [3.8, 4) is 0 Å². The fourth-order valence-electron chi connectivity index (χ4n) is 2.18. The van der Waals surface area contributed by atoms with Gasteiger partial charge in [0, 0.05) is 31.0 Å². The molecule has 0 amide bonds. The number of benzene rings is 1. The molecule has 0 atom stereocenters. The van der Waals surface area contributed by atoms with Gasteiger partial charge in [-0.2, -0.15) is 0 Å². The molecule has 2 rings (SSSR count). The third kappa shape index (κ3) is 3.12. The average Bonchev–Trinajstić information content (AvgIpc) is 2.45. The maximum Gasteiger partial charge on any atom is 0.137 e. The van der Waals surface area contributed by atoms with E-state index in [1.54, 1.807) is 0 Å². The number of aryl methyl sites for hydroxylation is 1. The van der Waals surface area contributed by atoms with Crippen LogP contribution in [0.25, 0.3) is 0 Å². The molecule has 0 spiro atoms. The van der Waals surface area contributed by atoms with Crippen LogP contribution in [0, 0.1) is 6.92 Å². The molecule has 2 aromatic rings. The van der Waals surface area contributed by atoms with Crippen LogP contribution in [0.4, 0.5) is 11.5 Å². The molecule has 0 unspecified atom stereocenters. The monoisotopic (exact) mass is 255 g/mol. The molecule has 1 heterocycles. The molecule has 0 fully saturated rings. The van der Waals surface area contributed by atoms with Gasteiger partial charge in [0.15, 0.2) is 0 Å². The molecule has 1 aromatic heterocycles. The van der Waals surface area contributed by atoms with E-state index in [0.717, 1.165) is 18.9 Å². The van der Waals surface area contributed by atoms with Gasteiger partial charge in [0.1, 0.15) is 5.82 Å². The first-order chi connectivity index (χ1) is 9.24. The molecule has 3 heteroatoms. The van der Waals surface area contributed by atoms with Crippen LogP contribution in [0.1, 0.15) is 18.1 Å². The Bertz CT molecular complexity index is 537. The van der Waals surface area contributed by atoms with E-state index in [1.165, 1.54) is 16.8 Å². The predicted molar refractivity (Wildman–Crippen MR) is 80.9 cm³/mol. The summed E-state index contributed by atoms with van der Waals surface area (Å²) in [7, 11) is 2.07. The predicted octanol–water partition coefficient (Wildman–Crippen LogP) is 3.27. The van der Waals surface area contributed by atoms with E-state index in [4.69, 9.17) is 0 Å². The van der Waals surface area contributed by atoms with Crippen LogP contribution in [-0.4, -0.2) is 18.6 Å². The molecule has 1 N–H and O–H groups in total. The molecule has 0 bridgehead atoms. The van der Waals surface area contributed by atoms with Crippen LogP contribution in [0.5, 0.6) is 0 Å². The average molecular weight is 255 g/mol. The first kappa shape index (κ1) is 13.6. The van der Waals surface area contributed by atoms with E-state index in [0.29, 0.717) is 0 Å². The maximum absolute atomic E-state index is 4.53. The van der Waals surface area contributed by atoms with Crippen molar-refractivity contribution in [1.82, 2.24) is 10.3 Å². The van der Waals surface area contributed by atoms with Gasteiger partial charge in [0.05, 0.1) is 0 Å². The highest BCUT2D eigenvalue weighted by molar-refractivity contribution is 5.65. The number of nitrogens with zero attached hydrogens (tertiary/aromatic N) is 2. The zero-order chi connectivity index (χ0) is 13.7. The van der Waals surface area contributed by atoms with Crippen LogP contribution in [-0.2, 0) is 6.54 Å². The number of anilines is 2. The fourth-order valence-corrected chi connectivity index (χ4v) is 2.18. The Kier molecular flexibility index (Phi) is 4.53. The standard InChI is InChI=1S/C16H21N3/c1-4-17-12-14-9-7-11-18-16(14)19(3)15-10-6-5-8-13(15)2/h5-11,17H,4,12H2,1-3H3. The van der Waals surface area contributed by atoms with Crippen LogP contribution < -0.4 is 10.2 Å². The van der Waals surface area contributed by atoms with Crippen LogP contribution in [0.3, 0.4) is 0 Å². The highest BCUT2D eigenvalue weighted by Gasteiger charge is 2.11. The lowest BCUT2D eigenvalue weighted by Gasteiger charge is -2.23. The van der Waals surface area contributed by atoms with Gasteiger partial charge in [-0.3, -0.25) is 0 Å². The molecular weight excluding hydrogens is 234 g/mol. The Morgan fingerprint density at radius 2 is 1.95 bits per heavy atom. The zero-order valence-electron chi connectivity index (χ0n) is 11.9. The summed E-state index contributed by atoms with van der Waals surface area (Å²) in [6.07, 6.45) is 1.85. The minimum Gasteiger partial charge on any atom is -0.329 e. The quantitative estimate of drug-likeness (QED) is 0.888. The zero-order valence-corrected chi connectivity index (χ0v) is 11.9. The molecule has 0 saturated heterocycles. The Balaban J connectivity index is 2.33. The van der Waals surface area contributed by atoms with Gasteiger partial charge in [0.2, 0.25) is 0 Å². The third-order valence-corrected chi connectivity index (χ3v) is 3.23. The minimum absolute atomic E-state index is 0.843. The Morgan fingerprint density at radius 1 is 1.16 bits per heavy atom. The molecule has 0 aliphatic carbocycles. The van der Waals surface area contributed by atoms with Crippen LogP contribution >= 0.6 is 0 Å². The van der Waals surface area contributed by atoms with Gasteiger partial charge in [0.25, 0.3) is 0 Å². The van der Waals surface area contributed by atoms with E-state index in [2.05, 4.69) is 66.4 Å². The highest BCUT2D eigenvalue weighted by atomic mass is 15.2. The minimum atomic E-state index is 0.843. The summed E-state index contributed by atoms with van der Waals surface area (Å²) >= 11 is 0. The lowest BCUT2D eigenvalue weighted by atomic mass is 10.1. The highest BCUT2D eigenvalue weighted by Crippen LogP contribution is 2.27. The SMILES string of the molecule is CCNCc1cccnc1N(C)c1ccccc1C. The fraction of sp³-hybridized carbons (Fsp3) is 0.312. The largest absolute Gasteiger partial charge is 0.329 e. The van der Waals surface area contributed by atoms with Gasteiger partial charge >= 0.3 is 0 Å². The number of pyridine rings is 1. The van der Waals surface area contributed by atoms with Gasteiger partial charge in [-0.1, -0.05) is 31.2 Å². The number of hydrogen-bond acceptors (Lipinski definition) is 3. The summed E-state index contributed by atoms with van der Waals surface area (Å²) in [4.78, 5) is 6.69. The van der Waals surface area contributed by atoms with Crippen molar-refractivity contribution < 1.29 is 0 Å². The van der Waals surface area contributed by atoms with E-state index in [-0.39, 0.29) is 0 Å². The van der Waals surface area contributed by atoms with Crippen LogP contribution in [0.2, 0.25) is 0 Å². The molecule has 19 heavy (non-hydrogen) atoms. The summed E-state index contributed by atoms with van der Waals surface area (Å²) in [6, 6.07) is 12.5. The molecule has 3 nitrogen and oxygen atoms in total. The van der Waals surface area contributed by atoms with Crippen LogP contribution in [0.15, 0.2) is 42.6 Å². The summed E-state index contributed by atoms with van der Waals surface area (Å²) in [5.41, 5.74) is 3.67. The first-order valence-corrected chi connectivity index (χ1v) is 6.68. The number of nitrogens with one attached hydrogen (secondary N) is 1. The van der Waals surface area contributed by atoms with Gasteiger partial charge in [-0.05, 0) is 31.2 Å². The second kappa shape index (κ2) is 6.34. The Labute approximate surface area is 115 Å². The van der Waals surface area contributed by atoms with E-state index >= 15 is 0 Å². The normalized spacial score (nSPS) is 10.5. The lowest BCUT2D eigenvalue weighted by Crippen LogP contribution is -2.18. The Morgan fingerprint density at radius 3 is 2.68 bits per heavy atom. The number of aromatic nitrogens is 1. The van der Waals surface area contributed by atoms with Crippen molar-refractivity contribution in [2.45, 2.75) is 20.4 Å².